The highest BCUT2D eigenvalue weighted by Gasteiger charge is 2.29. The molecule has 0 atom stereocenters. The van der Waals surface area contributed by atoms with Crippen LogP contribution in [0.25, 0.3) is 0 Å². The Labute approximate surface area is 75.5 Å². The number of hydrogen-bond donors (Lipinski definition) is 0. The first kappa shape index (κ1) is 12.0. The Morgan fingerprint density at radius 3 is 2.17 bits per heavy atom. The minimum Gasteiger partial charge on any atom is -0.294 e. The number of nitrogens with zero attached hydrogens (tertiary/aromatic N) is 1. The molecule has 0 N–H and O–H groups in total. The molecule has 0 bridgehead atoms. The van der Waals surface area contributed by atoms with Gasteiger partial charge in [0.15, 0.2) is 0 Å². The first-order valence-electron chi connectivity index (χ1n) is 3.84. The predicted octanol–water partition coefficient (Wildman–Crippen LogP) is 2.50. The molecule has 0 radical (unpaired) electrons. The normalized spacial score (nSPS) is 12.5. The summed E-state index contributed by atoms with van der Waals surface area (Å²) in [5.41, 5.74) is 0. The molecular formula is C7H13ClF3N. The summed E-state index contributed by atoms with van der Waals surface area (Å²) in [7, 11) is 0. The van der Waals surface area contributed by atoms with Crippen molar-refractivity contribution in [3.8, 4) is 0 Å². The zero-order valence-electron chi connectivity index (χ0n) is 6.99. The molecular weight excluding hydrogens is 191 g/mol. The van der Waals surface area contributed by atoms with Crippen molar-refractivity contribution in [2.45, 2.75) is 19.5 Å². The van der Waals surface area contributed by atoms with Gasteiger partial charge in [0, 0.05) is 12.4 Å². The Hall–Kier alpha value is 0.0400. The topological polar surface area (TPSA) is 3.24 Å². The summed E-state index contributed by atoms with van der Waals surface area (Å²) in [6, 6.07) is 0. The lowest BCUT2D eigenvalue weighted by Gasteiger charge is -2.21. The van der Waals surface area contributed by atoms with E-state index < -0.39 is 12.7 Å². The maximum atomic E-state index is 11.9. The first-order chi connectivity index (χ1) is 5.49. The Kier molecular flexibility index (Phi) is 5.66. The van der Waals surface area contributed by atoms with Crippen molar-refractivity contribution in [3.05, 3.63) is 0 Å². The molecule has 0 aliphatic heterocycles. The van der Waals surface area contributed by atoms with Crippen LogP contribution in [0.2, 0.25) is 0 Å². The third-order valence-corrected chi connectivity index (χ3v) is 1.51. The number of hydrogen-bond acceptors (Lipinski definition) is 1. The van der Waals surface area contributed by atoms with Gasteiger partial charge in [-0.25, -0.2) is 0 Å². The van der Waals surface area contributed by atoms with Crippen molar-refractivity contribution in [3.63, 3.8) is 0 Å². The largest absolute Gasteiger partial charge is 0.401 e. The smallest absolute Gasteiger partial charge is 0.294 e. The van der Waals surface area contributed by atoms with Gasteiger partial charge in [0.2, 0.25) is 0 Å². The van der Waals surface area contributed by atoms with Gasteiger partial charge < -0.3 is 0 Å². The van der Waals surface area contributed by atoms with Crippen LogP contribution in [-0.2, 0) is 0 Å². The van der Waals surface area contributed by atoms with E-state index in [1.165, 1.54) is 4.90 Å². The highest BCUT2D eigenvalue weighted by molar-refractivity contribution is 6.18. The maximum absolute atomic E-state index is 11.9. The van der Waals surface area contributed by atoms with Gasteiger partial charge in [-0.3, -0.25) is 4.90 Å². The minimum absolute atomic E-state index is 0.246. The third kappa shape index (κ3) is 6.73. The Morgan fingerprint density at radius 1 is 1.25 bits per heavy atom. The average molecular weight is 204 g/mol. The van der Waals surface area contributed by atoms with Crippen LogP contribution >= 0.6 is 11.6 Å². The van der Waals surface area contributed by atoms with Crippen LogP contribution in [0, 0.1) is 0 Å². The van der Waals surface area contributed by atoms with Gasteiger partial charge in [-0.05, 0) is 13.0 Å². The second kappa shape index (κ2) is 5.65. The maximum Gasteiger partial charge on any atom is 0.401 e. The first-order valence-corrected chi connectivity index (χ1v) is 4.38. The summed E-state index contributed by atoms with van der Waals surface area (Å²) >= 11 is 5.35. The highest BCUT2D eigenvalue weighted by Crippen LogP contribution is 2.16. The Morgan fingerprint density at radius 2 is 1.83 bits per heavy atom. The van der Waals surface area contributed by atoms with E-state index in [1.807, 2.05) is 6.92 Å². The molecule has 12 heavy (non-hydrogen) atoms. The van der Waals surface area contributed by atoms with Gasteiger partial charge in [0.05, 0.1) is 6.54 Å². The van der Waals surface area contributed by atoms with E-state index in [2.05, 4.69) is 0 Å². The van der Waals surface area contributed by atoms with Crippen molar-refractivity contribution >= 4 is 11.6 Å². The van der Waals surface area contributed by atoms with Crippen LogP contribution in [0.15, 0.2) is 0 Å². The second-order valence-corrected chi connectivity index (χ2v) is 2.96. The molecule has 0 saturated carbocycles. The van der Waals surface area contributed by atoms with Crippen LogP contribution in [0.1, 0.15) is 13.3 Å². The fourth-order valence-electron chi connectivity index (χ4n) is 0.959. The number of rotatable bonds is 5. The molecule has 0 aromatic heterocycles. The van der Waals surface area contributed by atoms with E-state index in [-0.39, 0.29) is 5.88 Å². The van der Waals surface area contributed by atoms with Crippen LogP contribution < -0.4 is 0 Å². The molecule has 1 nitrogen and oxygen atoms in total. The lowest BCUT2D eigenvalue weighted by molar-refractivity contribution is -0.145. The molecule has 0 aliphatic rings. The molecule has 0 aliphatic carbocycles. The number of halogens is 4. The fraction of sp³-hybridized carbons (Fsp3) is 1.00. The van der Waals surface area contributed by atoms with Crippen LogP contribution in [0.3, 0.4) is 0 Å². The van der Waals surface area contributed by atoms with E-state index in [0.29, 0.717) is 19.5 Å². The van der Waals surface area contributed by atoms with E-state index in [1.54, 1.807) is 0 Å². The average Bonchev–Trinajstić information content (AvgIpc) is 1.84. The molecule has 0 rings (SSSR count). The van der Waals surface area contributed by atoms with E-state index in [4.69, 9.17) is 11.6 Å². The number of alkyl halides is 4. The van der Waals surface area contributed by atoms with Gasteiger partial charge in [-0.1, -0.05) is 6.92 Å². The third-order valence-electron chi connectivity index (χ3n) is 1.34. The summed E-state index contributed by atoms with van der Waals surface area (Å²) in [6.07, 6.45) is -3.39. The van der Waals surface area contributed by atoms with Crippen LogP contribution in [0.5, 0.6) is 0 Å². The molecule has 74 valence electrons. The fourth-order valence-corrected chi connectivity index (χ4v) is 1.20. The summed E-state index contributed by atoms with van der Waals surface area (Å²) in [5, 5.41) is 0. The molecule has 0 fully saturated rings. The zero-order valence-corrected chi connectivity index (χ0v) is 7.75. The monoisotopic (exact) mass is 203 g/mol. The second-order valence-electron chi connectivity index (χ2n) is 2.58. The van der Waals surface area contributed by atoms with E-state index in [9.17, 15) is 13.2 Å². The molecule has 0 aromatic rings. The molecule has 5 heteroatoms. The predicted molar refractivity (Wildman–Crippen MR) is 43.5 cm³/mol. The molecule has 0 aromatic carbocycles. The molecule has 0 heterocycles. The van der Waals surface area contributed by atoms with Crippen LogP contribution in [-0.4, -0.2) is 36.6 Å². The van der Waals surface area contributed by atoms with Gasteiger partial charge in [-0.15, -0.1) is 11.6 Å². The highest BCUT2D eigenvalue weighted by atomic mass is 35.5. The van der Waals surface area contributed by atoms with Crippen LogP contribution in [0.4, 0.5) is 13.2 Å². The molecule has 0 unspecified atom stereocenters. The van der Waals surface area contributed by atoms with Gasteiger partial charge in [0.1, 0.15) is 0 Å². The molecule has 0 saturated heterocycles. The van der Waals surface area contributed by atoms with Gasteiger partial charge in [-0.2, -0.15) is 13.2 Å². The SMILES string of the molecule is CCCN(CCCl)CC(F)(F)F. The van der Waals surface area contributed by atoms with E-state index in [0.717, 1.165) is 0 Å². The Balaban J connectivity index is 3.77. The minimum atomic E-state index is -4.11. The molecule has 0 amide bonds. The lowest BCUT2D eigenvalue weighted by atomic mass is 10.4. The summed E-state index contributed by atoms with van der Waals surface area (Å²) < 4.78 is 35.6. The zero-order chi connectivity index (χ0) is 9.61. The van der Waals surface area contributed by atoms with Crippen molar-refractivity contribution in [2.75, 3.05) is 25.5 Å². The van der Waals surface area contributed by atoms with Crippen molar-refractivity contribution < 1.29 is 13.2 Å². The standard InChI is InChI=1S/C7H13ClF3N/c1-2-4-12(5-3-8)6-7(9,10)11/h2-6H2,1H3. The van der Waals surface area contributed by atoms with Gasteiger partial charge >= 0.3 is 6.18 Å². The summed E-state index contributed by atoms with van der Waals surface area (Å²) in [4.78, 5) is 1.31. The van der Waals surface area contributed by atoms with Crippen molar-refractivity contribution in [1.29, 1.82) is 0 Å². The lowest BCUT2D eigenvalue weighted by Crippen LogP contribution is -2.36. The van der Waals surface area contributed by atoms with Crippen molar-refractivity contribution in [1.82, 2.24) is 4.90 Å². The quantitative estimate of drug-likeness (QED) is 0.621. The van der Waals surface area contributed by atoms with Gasteiger partial charge in [0.25, 0.3) is 0 Å². The Bertz CT molecular complexity index is 110. The van der Waals surface area contributed by atoms with E-state index >= 15 is 0 Å². The summed E-state index contributed by atoms with van der Waals surface area (Å²) in [5.74, 6) is 0.246. The van der Waals surface area contributed by atoms with Crippen molar-refractivity contribution in [2.24, 2.45) is 0 Å². The molecule has 0 spiro atoms. The summed E-state index contributed by atoms with van der Waals surface area (Å²) in [6.45, 7) is 1.74.